The summed E-state index contributed by atoms with van der Waals surface area (Å²) in [5.41, 5.74) is 11.5. The van der Waals surface area contributed by atoms with E-state index in [2.05, 4.69) is 32.1 Å². The second-order valence-corrected chi connectivity index (χ2v) is 12.9. The molecule has 4 aliphatic rings. The van der Waals surface area contributed by atoms with E-state index < -0.39 is 0 Å². The van der Waals surface area contributed by atoms with Gasteiger partial charge in [0.2, 0.25) is 0 Å². The summed E-state index contributed by atoms with van der Waals surface area (Å²) in [7, 11) is 3.24. The van der Waals surface area contributed by atoms with Gasteiger partial charge in [0.15, 0.2) is 11.5 Å². The van der Waals surface area contributed by atoms with Crippen LogP contribution in [-0.4, -0.2) is 30.4 Å². The quantitative estimate of drug-likeness (QED) is 0.433. The summed E-state index contributed by atoms with van der Waals surface area (Å²) in [4.78, 5) is 4.88. The van der Waals surface area contributed by atoms with Crippen molar-refractivity contribution in [2.75, 3.05) is 20.0 Å². The molecule has 1 aromatic carbocycles. The lowest BCUT2D eigenvalue weighted by Crippen LogP contribution is -2.50. The number of nitriles is 1. The summed E-state index contributed by atoms with van der Waals surface area (Å²) in [5.74, 6) is 3.90. The number of allylic oxidation sites excluding steroid dienone is 1. The van der Waals surface area contributed by atoms with Crippen molar-refractivity contribution in [2.45, 2.75) is 77.2 Å². The number of pyridine rings is 1. The van der Waals surface area contributed by atoms with Gasteiger partial charge in [-0.2, -0.15) is 5.26 Å². The van der Waals surface area contributed by atoms with E-state index in [-0.39, 0.29) is 16.9 Å². The minimum atomic E-state index is -0.168. The number of aromatic nitrogens is 1. The minimum Gasteiger partial charge on any atom is -0.493 e. The molecule has 206 valence electrons. The molecule has 6 heteroatoms. The average Bonchev–Trinajstić information content (AvgIpc) is 3.29. The molecule has 39 heavy (non-hydrogen) atoms. The van der Waals surface area contributed by atoms with Crippen LogP contribution >= 0.6 is 0 Å². The van der Waals surface area contributed by atoms with E-state index in [0.717, 1.165) is 48.9 Å². The summed E-state index contributed by atoms with van der Waals surface area (Å²) in [6, 6.07) is 10.2. The van der Waals surface area contributed by atoms with Gasteiger partial charge in [-0.25, -0.2) is 4.98 Å². The van der Waals surface area contributed by atoms with Crippen LogP contribution in [0.4, 0.5) is 5.82 Å². The van der Waals surface area contributed by atoms with Crippen LogP contribution in [0.5, 0.6) is 11.5 Å². The fourth-order valence-electron chi connectivity index (χ4n) is 9.24. The molecule has 7 atom stereocenters. The third kappa shape index (κ3) is 3.96. The van der Waals surface area contributed by atoms with Crippen LogP contribution in [0.2, 0.25) is 0 Å². The Hall–Kier alpha value is -3.04. The van der Waals surface area contributed by atoms with E-state index >= 15 is 0 Å². The molecule has 2 aromatic rings. The second-order valence-electron chi connectivity index (χ2n) is 12.9. The Morgan fingerprint density at radius 1 is 1.03 bits per heavy atom. The molecule has 1 aromatic heterocycles. The molecule has 4 aliphatic carbocycles. The van der Waals surface area contributed by atoms with Gasteiger partial charge in [0.1, 0.15) is 17.5 Å². The molecule has 0 amide bonds. The number of rotatable bonds is 4. The molecular formula is C33H41N3O3. The molecule has 0 unspecified atom stereocenters. The van der Waals surface area contributed by atoms with E-state index in [9.17, 15) is 10.4 Å². The molecule has 0 bridgehead atoms. The lowest BCUT2D eigenvalue weighted by molar-refractivity contribution is -0.0412. The minimum absolute atomic E-state index is 0.152. The van der Waals surface area contributed by atoms with Crippen LogP contribution in [0.25, 0.3) is 11.1 Å². The van der Waals surface area contributed by atoms with Gasteiger partial charge in [-0.05, 0) is 104 Å². The number of aliphatic hydroxyl groups is 1. The fraction of sp³-hybridized carbons (Fsp3) is 0.576. The van der Waals surface area contributed by atoms with Crippen molar-refractivity contribution >= 4 is 5.82 Å². The summed E-state index contributed by atoms with van der Waals surface area (Å²) in [6.07, 6.45) is 11.1. The third-order valence-corrected chi connectivity index (χ3v) is 11.3. The van der Waals surface area contributed by atoms with Crippen molar-refractivity contribution in [3.05, 3.63) is 47.2 Å². The Kier molecular flexibility index (Phi) is 6.42. The molecule has 0 spiro atoms. The van der Waals surface area contributed by atoms with Gasteiger partial charge < -0.3 is 20.3 Å². The highest BCUT2D eigenvalue weighted by Crippen LogP contribution is 2.68. The number of nitrogens with two attached hydrogens (primary N) is 1. The monoisotopic (exact) mass is 527 g/mol. The Labute approximate surface area is 232 Å². The normalized spacial score (nSPS) is 35.2. The molecular weight excluding hydrogens is 486 g/mol. The summed E-state index contributed by atoms with van der Waals surface area (Å²) >= 11 is 0. The van der Waals surface area contributed by atoms with Crippen molar-refractivity contribution in [1.82, 2.24) is 4.98 Å². The first-order valence-electron chi connectivity index (χ1n) is 14.5. The predicted octanol–water partition coefficient (Wildman–Crippen LogP) is 6.63. The Morgan fingerprint density at radius 3 is 2.56 bits per heavy atom. The van der Waals surface area contributed by atoms with Crippen molar-refractivity contribution in [2.24, 2.45) is 28.6 Å². The Morgan fingerprint density at radius 2 is 1.82 bits per heavy atom. The third-order valence-electron chi connectivity index (χ3n) is 11.3. The highest BCUT2D eigenvalue weighted by Gasteiger charge is 2.59. The van der Waals surface area contributed by atoms with E-state index in [0.29, 0.717) is 46.6 Å². The number of fused-ring (bicyclic) bond motifs is 5. The molecule has 0 radical (unpaired) electrons. The smallest absolute Gasteiger partial charge is 0.161 e. The maximum Gasteiger partial charge on any atom is 0.161 e. The van der Waals surface area contributed by atoms with Gasteiger partial charge >= 0.3 is 0 Å². The summed E-state index contributed by atoms with van der Waals surface area (Å²) < 4.78 is 11.0. The second kappa shape index (κ2) is 9.55. The first-order valence-corrected chi connectivity index (χ1v) is 14.5. The molecule has 3 saturated carbocycles. The average molecular weight is 528 g/mol. The molecule has 1 heterocycles. The Balaban J connectivity index is 1.36. The van der Waals surface area contributed by atoms with Gasteiger partial charge in [-0.15, -0.1) is 0 Å². The van der Waals surface area contributed by atoms with Crippen LogP contribution < -0.4 is 15.2 Å². The van der Waals surface area contributed by atoms with E-state index in [4.69, 9.17) is 20.2 Å². The van der Waals surface area contributed by atoms with E-state index in [1.165, 1.54) is 24.8 Å². The van der Waals surface area contributed by atoms with E-state index in [1.807, 2.05) is 18.2 Å². The lowest BCUT2D eigenvalue weighted by atomic mass is 9.47. The highest BCUT2D eigenvalue weighted by atomic mass is 16.5. The van der Waals surface area contributed by atoms with Crippen molar-refractivity contribution in [1.29, 1.82) is 5.26 Å². The van der Waals surface area contributed by atoms with Crippen LogP contribution in [-0.2, 0) is 0 Å². The number of methoxy groups -OCH3 is 2. The standard InChI is InChI=1S/C33H41N3O3/c1-32-13-11-21(37)16-20(32)6-7-22-25-8-9-27(33(25,2)14-12-26(22)32)28-17-23(24(18-34)31(35)36-28)19-5-10-29(38-3)30(15-19)39-4/h5-6,10,15,17,21-22,25-27,37H,7-9,11-14,16H2,1-4H3,(H2,35,36)/t21-,22-,25-,26-,27+,32-,33-/m0/s1. The molecule has 3 fully saturated rings. The number of ether oxygens (including phenoxy) is 2. The molecule has 6 nitrogen and oxygen atoms in total. The maximum absolute atomic E-state index is 10.3. The van der Waals surface area contributed by atoms with Crippen molar-refractivity contribution < 1.29 is 14.6 Å². The summed E-state index contributed by atoms with van der Waals surface area (Å²) in [6.45, 7) is 4.97. The van der Waals surface area contributed by atoms with Gasteiger partial charge in [0.05, 0.1) is 20.3 Å². The predicted molar refractivity (Wildman–Crippen MR) is 152 cm³/mol. The topological polar surface area (TPSA) is 101 Å². The number of hydrogen-bond donors (Lipinski definition) is 2. The highest BCUT2D eigenvalue weighted by molar-refractivity contribution is 5.77. The zero-order valence-corrected chi connectivity index (χ0v) is 23.7. The zero-order valence-electron chi connectivity index (χ0n) is 23.7. The van der Waals surface area contributed by atoms with Crippen molar-refractivity contribution in [3.63, 3.8) is 0 Å². The number of anilines is 1. The molecule has 3 N–H and O–H groups in total. The summed E-state index contributed by atoms with van der Waals surface area (Å²) in [5, 5.41) is 20.3. The number of hydrogen-bond acceptors (Lipinski definition) is 6. The SMILES string of the molecule is COc1ccc(-c2cc([C@H]3CC[C@H]4[C@@H]5CC=C6C[C@@H](O)CC[C@]6(C)[C@H]5CC[C@]34C)nc(N)c2C#N)cc1OC. The van der Waals surface area contributed by atoms with Gasteiger partial charge in [0.25, 0.3) is 0 Å². The number of benzene rings is 1. The van der Waals surface area contributed by atoms with Crippen LogP contribution in [0, 0.1) is 39.9 Å². The first-order chi connectivity index (χ1) is 18.7. The number of aliphatic hydroxyl groups excluding tert-OH is 1. The van der Waals surface area contributed by atoms with Crippen LogP contribution in [0.15, 0.2) is 35.9 Å². The number of nitrogens with zero attached hydrogens (tertiary/aromatic N) is 2. The van der Waals surface area contributed by atoms with Crippen molar-refractivity contribution in [3.8, 4) is 28.7 Å². The first kappa shape index (κ1) is 26.2. The largest absolute Gasteiger partial charge is 0.493 e. The Bertz CT molecular complexity index is 1360. The fourth-order valence-corrected chi connectivity index (χ4v) is 9.24. The molecule has 0 saturated heterocycles. The molecule has 0 aliphatic heterocycles. The van der Waals surface area contributed by atoms with Gasteiger partial charge in [0, 0.05) is 17.2 Å². The number of nitrogen functional groups attached to an aromatic ring is 1. The zero-order chi connectivity index (χ0) is 27.5. The maximum atomic E-state index is 10.3. The van der Waals surface area contributed by atoms with Gasteiger partial charge in [-0.3, -0.25) is 0 Å². The van der Waals surface area contributed by atoms with Crippen LogP contribution in [0.1, 0.15) is 82.4 Å². The lowest BCUT2D eigenvalue weighted by Gasteiger charge is -2.58. The van der Waals surface area contributed by atoms with E-state index in [1.54, 1.807) is 14.2 Å². The molecule has 6 rings (SSSR count). The van der Waals surface area contributed by atoms with Gasteiger partial charge in [-0.1, -0.05) is 31.6 Å². The van der Waals surface area contributed by atoms with Crippen LogP contribution in [0.3, 0.4) is 0 Å².